The second-order valence-electron chi connectivity index (χ2n) is 5.35. The van der Waals surface area contributed by atoms with Crippen molar-refractivity contribution in [3.63, 3.8) is 0 Å². The molecule has 0 bridgehead atoms. The van der Waals surface area contributed by atoms with Crippen LogP contribution >= 0.6 is 0 Å². The number of carbonyl (C=O) groups excluding carboxylic acids is 1. The van der Waals surface area contributed by atoms with Gasteiger partial charge in [-0.25, -0.2) is 0 Å². The van der Waals surface area contributed by atoms with Gasteiger partial charge in [0.2, 0.25) is 5.91 Å². The van der Waals surface area contributed by atoms with Gasteiger partial charge in [-0.1, -0.05) is 36.4 Å². The van der Waals surface area contributed by atoms with Gasteiger partial charge in [-0.3, -0.25) is 4.79 Å². The quantitative estimate of drug-likeness (QED) is 0.944. The molecular formula is C18H19NO3. The van der Waals surface area contributed by atoms with Crippen LogP contribution < -0.4 is 14.8 Å². The molecule has 0 saturated carbocycles. The van der Waals surface area contributed by atoms with Crippen LogP contribution in [0.5, 0.6) is 11.5 Å². The van der Waals surface area contributed by atoms with Crippen molar-refractivity contribution in [2.45, 2.75) is 19.4 Å². The largest absolute Gasteiger partial charge is 0.486 e. The molecule has 114 valence electrons. The fourth-order valence-corrected chi connectivity index (χ4v) is 2.49. The van der Waals surface area contributed by atoms with Crippen molar-refractivity contribution in [2.24, 2.45) is 0 Å². The smallest absolute Gasteiger partial charge is 0.224 e. The average Bonchev–Trinajstić information content (AvgIpc) is 2.55. The summed E-state index contributed by atoms with van der Waals surface area (Å²) in [5, 5.41) is 3.02. The van der Waals surface area contributed by atoms with Crippen LogP contribution in [0.3, 0.4) is 0 Å². The number of hydrogen-bond acceptors (Lipinski definition) is 3. The molecule has 1 aliphatic rings. The summed E-state index contributed by atoms with van der Waals surface area (Å²) in [4.78, 5) is 12.1. The van der Waals surface area contributed by atoms with Gasteiger partial charge in [-0.15, -0.1) is 0 Å². The second kappa shape index (κ2) is 6.52. The molecule has 0 spiro atoms. The fraction of sp³-hybridized carbons (Fsp3) is 0.278. The van der Waals surface area contributed by atoms with E-state index in [0.29, 0.717) is 19.6 Å². The monoisotopic (exact) mass is 297 g/mol. The molecule has 22 heavy (non-hydrogen) atoms. The lowest BCUT2D eigenvalue weighted by atomic mass is 10.1. The van der Waals surface area contributed by atoms with E-state index in [1.54, 1.807) is 0 Å². The van der Waals surface area contributed by atoms with Gasteiger partial charge < -0.3 is 14.8 Å². The Labute approximate surface area is 130 Å². The van der Waals surface area contributed by atoms with Gasteiger partial charge >= 0.3 is 0 Å². The first-order valence-corrected chi connectivity index (χ1v) is 7.45. The van der Waals surface area contributed by atoms with Crippen molar-refractivity contribution in [3.8, 4) is 11.5 Å². The molecule has 0 fully saturated rings. The molecule has 0 aliphatic carbocycles. The number of hydrogen-bond donors (Lipinski definition) is 1. The van der Waals surface area contributed by atoms with Gasteiger partial charge in [-0.05, 0) is 30.2 Å². The predicted molar refractivity (Wildman–Crippen MR) is 84.1 cm³/mol. The highest BCUT2D eigenvalue weighted by atomic mass is 16.6. The number of nitrogens with one attached hydrogen (secondary N) is 1. The molecule has 4 heteroatoms. The van der Waals surface area contributed by atoms with Gasteiger partial charge in [0.15, 0.2) is 11.5 Å². The number of fused-ring (bicyclic) bond motifs is 1. The van der Waals surface area contributed by atoms with E-state index in [1.165, 1.54) is 0 Å². The van der Waals surface area contributed by atoms with E-state index in [2.05, 4.69) is 5.32 Å². The van der Waals surface area contributed by atoms with Crippen molar-refractivity contribution in [2.75, 3.05) is 13.2 Å². The highest BCUT2D eigenvalue weighted by Gasteiger charge is 2.15. The maximum atomic E-state index is 12.1. The lowest BCUT2D eigenvalue weighted by Gasteiger charge is -2.21. The second-order valence-corrected chi connectivity index (χ2v) is 5.35. The predicted octanol–water partition coefficient (Wildman–Crippen LogP) is 2.88. The molecule has 4 nitrogen and oxygen atoms in total. The summed E-state index contributed by atoms with van der Waals surface area (Å²) in [7, 11) is 0. The van der Waals surface area contributed by atoms with Gasteiger partial charge in [0, 0.05) is 0 Å². The lowest BCUT2D eigenvalue weighted by Crippen LogP contribution is -2.28. The molecule has 1 unspecified atom stereocenters. The van der Waals surface area contributed by atoms with E-state index in [9.17, 15) is 4.79 Å². The van der Waals surface area contributed by atoms with Crippen molar-refractivity contribution in [3.05, 3.63) is 59.7 Å². The normalized spacial score (nSPS) is 14.2. The fourth-order valence-electron chi connectivity index (χ4n) is 2.49. The number of carbonyl (C=O) groups is 1. The van der Waals surface area contributed by atoms with E-state index >= 15 is 0 Å². The molecule has 0 aromatic heterocycles. The van der Waals surface area contributed by atoms with Crippen molar-refractivity contribution in [1.29, 1.82) is 0 Å². The lowest BCUT2D eigenvalue weighted by molar-refractivity contribution is -0.121. The Morgan fingerprint density at radius 3 is 2.59 bits per heavy atom. The Kier molecular flexibility index (Phi) is 4.28. The summed E-state index contributed by atoms with van der Waals surface area (Å²) in [6.45, 7) is 3.11. The summed E-state index contributed by atoms with van der Waals surface area (Å²) in [6, 6.07) is 15.4. The van der Waals surface area contributed by atoms with Crippen LogP contribution in [0.25, 0.3) is 0 Å². The first kappa shape index (κ1) is 14.4. The summed E-state index contributed by atoms with van der Waals surface area (Å²) >= 11 is 0. The van der Waals surface area contributed by atoms with E-state index in [-0.39, 0.29) is 11.9 Å². The van der Waals surface area contributed by atoms with E-state index in [0.717, 1.165) is 22.6 Å². The summed E-state index contributed by atoms with van der Waals surface area (Å²) in [5.74, 6) is 1.51. The number of amides is 1. The van der Waals surface area contributed by atoms with Crippen LogP contribution in [0, 0.1) is 0 Å². The molecule has 3 rings (SSSR count). The SMILES string of the molecule is CC(NC(=O)Cc1ccccc1)c1ccc2c(c1)OCCO2. The third-order valence-electron chi connectivity index (χ3n) is 3.65. The molecule has 2 aromatic rings. The number of rotatable bonds is 4. The van der Waals surface area contributed by atoms with E-state index < -0.39 is 0 Å². The maximum Gasteiger partial charge on any atom is 0.224 e. The Bertz CT molecular complexity index is 655. The van der Waals surface area contributed by atoms with Crippen molar-refractivity contribution < 1.29 is 14.3 Å². The molecule has 0 saturated heterocycles. The minimum Gasteiger partial charge on any atom is -0.486 e. The van der Waals surface area contributed by atoms with Gasteiger partial charge in [0.1, 0.15) is 13.2 Å². The first-order chi connectivity index (χ1) is 10.7. The molecule has 1 heterocycles. The number of ether oxygens (including phenoxy) is 2. The first-order valence-electron chi connectivity index (χ1n) is 7.45. The standard InChI is InChI=1S/C18H19NO3/c1-13(19-18(20)11-14-5-3-2-4-6-14)15-7-8-16-17(12-15)22-10-9-21-16/h2-8,12-13H,9-11H2,1H3,(H,19,20). The van der Waals surface area contributed by atoms with Crippen molar-refractivity contribution >= 4 is 5.91 Å². The van der Waals surface area contributed by atoms with Crippen molar-refractivity contribution in [1.82, 2.24) is 5.32 Å². The molecule has 1 amide bonds. The van der Waals surface area contributed by atoms with Gasteiger partial charge in [0.05, 0.1) is 12.5 Å². The van der Waals surface area contributed by atoms with Crippen LogP contribution in [0.4, 0.5) is 0 Å². The molecule has 1 N–H and O–H groups in total. The topological polar surface area (TPSA) is 47.6 Å². The Morgan fingerprint density at radius 1 is 1.09 bits per heavy atom. The van der Waals surface area contributed by atoms with Gasteiger partial charge in [-0.2, -0.15) is 0 Å². The Hall–Kier alpha value is -2.49. The molecule has 0 radical (unpaired) electrons. The summed E-state index contributed by atoms with van der Waals surface area (Å²) in [5.41, 5.74) is 2.01. The average molecular weight is 297 g/mol. The van der Waals surface area contributed by atoms with Crippen LogP contribution in [-0.2, 0) is 11.2 Å². The van der Waals surface area contributed by atoms with Crippen LogP contribution in [0.1, 0.15) is 24.1 Å². The minimum absolute atomic E-state index is 0.00795. The molecule has 1 aliphatic heterocycles. The molecule has 2 aromatic carbocycles. The van der Waals surface area contributed by atoms with E-state index in [1.807, 2.05) is 55.5 Å². The van der Waals surface area contributed by atoms with E-state index in [4.69, 9.17) is 9.47 Å². The zero-order valence-electron chi connectivity index (χ0n) is 12.5. The third-order valence-corrected chi connectivity index (χ3v) is 3.65. The Balaban J connectivity index is 1.64. The van der Waals surface area contributed by atoms with Crippen LogP contribution in [0.15, 0.2) is 48.5 Å². The van der Waals surface area contributed by atoms with Crippen LogP contribution in [-0.4, -0.2) is 19.1 Å². The zero-order valence-corrected chi connectivity index (χ0v) is 12.5. The molecular weight excluding hydrogens is 278 g/mol. The zero-order chi connectivity index (χ0) is 15.4. The van der Waals surface area contributed by atoms with Crippen LogP contribution in [0.2, 0.25) is 0 Å². The third kappa shape index (κ3) is 3.39. The van der Waals surface area contributed by atoms with Gasteiger partial charge in [0.25, 0.3) is 0 Å². The maximum absolute atomic E-state index is 12.1. The summed E-state index contributed by atoms with van der Waals surface area (Å²) in [6.07, 6.45) is 0.385. The minimum atomic E-state index is -0.0768. The number of benzene rings is 2. The highest BCUT2D eigenvalue weighted by Crippen LogP contribution is 2.32. The summed E-state index contributed by atoms with van der Waals surface area (Å²) < 4.78 is 11.1. The molecule has 1 atom stereocenters. The Morgan fingerprint density at radius 2 is 1.82 bits per heavy atom. The highest BCUT2D eigenvalue weighted by molar-refractivity contribution is 5.79.